The van der Waals surface area contributed by atoms with Crippen molar-refractivity contribution in [1.82, 2.24) is 14.9 Å². The van der Waals surface area contributed by atoms with Gasteiger partial charge in [-0.2, -0.15) is 0 Å². The number of thiazole rings is 1. The van der Waals surface area contributed by atoms with Crippen LogP contribution in [0, 0.1) is 12.8 Å². The predicted octanol–water partition coefficient (Wildman–Crippen LogP) is 7.56. The maximum atomic E-state index is 13.3. The third-order valence-corrected chi connectivity index (χ3v) is 8.52. The van der Waals surface area contributed by atoms with E-state index < -0.39 is 0 Å². The zero-order chi connectivity index (χ0) is 26.9. The number of benzene rings is 1. The van der Waals surface area contributed by atoms with Gasteiger partial charge in [-0.15, -0.1) is 22.7 Å². The lowest BCUT2D eigenvalue weighted by Gasteiger charge is -2.15. The van der Waals surface area contributed by atoms with Gasteiger partial charge in [-0.25, -0.2) is 4.98 Å². The standard InChI is InChI=1S/C30H37N3O3S2/c1-5-7-9-22(6-2)17-31-30(34)26-16-28(33(21(26)3)18-25-10-8-15-37-25)27-20-38-29(32-27)19-36-24-13-11-23(35-4)12-14-24/h8,10-16,20,22H,5-7,9,17-19H2,1-4H3,(H,31,34). The van der Waals surface area contributed by atoms with Crippen LogP contribution in [-0.2, 0) is 13.2 Å². The van der Waals surface area contributed by atoms with Gasteiger partial charge in [0, 0.05) is 22.5 Å². The third kappa shape index (κ3) is 7.05. The average molecular weight is 552 g/mol. The Kier molecular flexibility index (Phi) is 10.0. The van der Waals surface area contributed by atoms with Gasteiger partial charge in [0.25, 0.3) is 5.91 Å². The number of nitrogens with zero attached hydrogens (tertiary/aromatic N) is 2. The second-order valence-corrected chi connectivity index (χ2v) is 11.4. The fourth-order valence-electron chi connectivity index (χ4n) is 4.44. The summed E-state index contributed by atoms with van der Waals surface area (Å²) in [5, 5.41) is 8.22. The number of ether oxygens (including phenoxy) is 2. The Bertz CT molecular complexity index is 1290. The SMILES string of the molecule is CCCCC(CC)CNC(=O)c1cc(-c2csc(COc3ccc(OC)cc3)n2)n(Cc2cccs2)c1C. The molecule has 0 fully saturated rings. The molecular weight excluding hydrogens is 514 g/mol. The Morgan fingerprint density at radius 3 is 2.61 bits per heavy atom. The van der Waals surface area contributed by atoms with E-state index >= 15 is 0 Å². The maximum Gasteiger partial charge on any atom is 0.253 e. The molecule has 0 saturated heterocycles. The minimum Gasteiger partial charge on any atom is -0.497 e. The summed E-state index contributed by atoms with van der Waals surface area (Å²) in [5.41, 5.74) is 3.48. The summed E-state index contributed by atoms with van der Waals surface area (Å²) in [6, 6.07) is 13.7. The van der Waals surface area contributed by atoms with Crippen LogP contribution in [0.2, 0.25) is 0 Å². The molecule has 3 aromatic heterocycles. The van der Waals surface area contributed by atoms with Gasteiger partial charge in [0.2, 0.25) is 0 Å². The summed E-state index contributed by atoms with van der Waals surface area (Å²) < 4.78 is 13.4. The normalized spacial score (nSPS) is 11.9. The molecule has 0 spiro atoms. The summed E-state index contributed by atoms with van der Waals surface area (Å²) in [5.74, 6) is 2.06. The van der Waals surface area contributed by atoms with E-state index in [4.69, 9.17) is 14.5 Å². The second-order valence-electron chi connectivity index (χ2n) is 9.41. The van der Waals surface area contributed by atoms with Gasteiger partial charge in [-0.1, -0.05) is 39.2 Å². The molecule has 0 aliphatic heterocycles. The number of methoxy groups -OCH3 is 1. The van der Waals surface area contributed by atoms with Crippen LogP contribution < -0.4 is 14.8 Å². The van der Waals surface area contributed by atoms with E-state index in [0.29, 0.717) is 31.2 Å². The van der Waals surface area contributed by atoms with Crippen molar-refractivity contribution in [3.63, 3.8) is 0 Å². The van der Waals surface area contributed by atoms with Gasteiger partial charge >= 0.3 is 0 Å². The van der Waals surface area contributed by atoms with Crippen LogP contribution in [0.15, 0.2) is 53.2 Å². The summed E-state index contributed by atoms with van der Waals surface area (Å²) in [7, 11) is 1.65. The maximum absolute atomic E-state index is 13.3. The van der Waals surface area contributed by atoms with Gasteiger partial charge in [-0.3, -0.25) is 4.79 Å². The molecule has 0 aliphatic rings. The van der Waals surface area contributed by atoms with Crippen molar-refractivity contribution < 1.29 is 14.3 Å². The lowest BCUT2D eigenvalue weighted by Crippen LogP contribution is -2.29. The van der Waals surface area contributed by atoms with Crippen LogP contribution in [0.4, 0.5) is 0 Å². The number of hydrogen-bond donors (Lipinski definition) is 1. The zero-order valence-electron chi connectivity index (χ0n) is 22.7. The molecule has 38 heavy (non-hydrogen) atoms. The molecule has 1 amide bonds. The molecule has 8 heteroatoms. The quantitative estimate of drug-likeness (QED) is 0.176. The van der Waals surface area contributed by atoms with E-state index in [1.54, 1.807) is 29.8 Å². The van der Waals surface area contributed by atoms with Crippen LogP contribution in [0.5, 0.6) is 11.5 Å². The Morgan fingerprint density at radius 2 is 1.92 bits per heavy atom. The Hall–Kier alpha value is -3.10. The molecule has 0 aliphatic carbocycles. The zero-order valence-corrected chi connectivity index (χ0v) is 24.3. The molecule has 0 bridgehead atoms. The molecule has 0 radical (unpaired) electrons. The van der Waals surface area contributed by atoms with Crippen LogP contribution in [-0.4, -0.2) is 29.1 Å². The van der Waals surface area contributed by atoms with E-state index in [-0.39, 0.29) is 5.91 Å². The highest BCUT2D eigenvalue weighted by molar-refractivity contribution is 7.10. The fraction of sp³-hybridized carbons (Fsp3) is 0.400. The van der Waals surface area contributed by atoms with Crippen molar-refractivity contribution in [2.45, 2.75) is 59.6 Å². The number of hydrogen-bond acceptors (Lipinski definition) is 6. The van der Waals surface area contributed by atoms with Crippen molar-refractivity contribution in [3.8, 4) is 22.9 Å². The van der Waals surface area contributed by atoms with E-state index in [9.17, 15) is 4.79 Å². The first-order valence-electron chi connectivity index (χ1n) is 13.2. The van der Waals surface area contributed by atoms with Crippen molar-refractivity contribution in [1.29, 1.82) is 0 Å². The molecule has 4 rings (SSSR count). The van der Waals surface area contributed by atoms with E-state index in [1.807, 2.05) is 42.6 Å². The Morgan fingerprint density at radius 1 is 1.13 bits per heavy atom. The van der Waals surface area contributed by atoms with Crippen molar-refractivity contribution in [2.24, 2.45) is 5.92 Å². The number of amides is 1. The molecule has 4 aromatic rings. The van der Waals surface area contributed by atoms with Crippen LogP contribution in [0.25, 0.3) is 11.4 Å². The number of unbranched alkanes of at least 4 members (excludes halogenated alkanes) is 1. The molecule has 3 heterocycles. The molecule has 1 unspecified atom stereocenters. The molecule has 1 N–H and O–H groups in total. The van der Waals surface area contributed by atoms with Crippen LogP contribution in [0.1, 0.15) is 65.5 Å². The smallest absolute Gasteiger partial charge is 0.253 e. The summed E-state index contributed by atoms with van der Waals surface area (Å²) in [6.45, 7) is 8.23. The lowest BCUT2D eigenvalue weighted by molar-refractivity contribution is 0.0945. The van der Waals surface area contributed by atoms with Crippen LogP contribution >= 0.6 is 22.7 Å². The highest BCUT2D eigenvalue weighted by Gasteiger charge is 2.21. The highest BCUT2D eigenvalue weighted by atomic mass is 32.1. The summed E-state index contributed by atoms with van der Waals surface area (Å²) in [4.78, 5) is 19.4. The minimum atomic E-state index is -0.0121. The van der Waals surface area contributed by atoms with Crippen molar-refractivity contribution in [3.05, 3.63) is 74.4 Å². The first-order chi connectivity index (χ1) is 18.5. The summed E-state index contributed by atoms with van der Waals surface area (Å²) in [6.07, 6.45) is 4.60. The lowest BCUT2D eigenvalue weighted by atomic mass is 9.99. The summed E-state index contributed by atoms with van der Waals surface area (Å²) >= 11 is 3.28. The molecule has 1 atom stereocenters. The van der Waals surface area contributed by atoms with Gasteiger partial charge in [0.15, 0.2) is 0 Å². The first-order valence-corrected chi connectivity index (χ1v) is 15.0. The topological polar surface area (TPSA) is 65.4 Å². The molecule has 202 valence electrons. The fourth-order valence-corrected chi connectivity index (χ4v) is 5.83. The first kappa shape index (κ1) is 27.9. The van der Waals surface area contributed by atoms with Crippen molar-refractivity contribution in [2.75, 3.05) is 13.7 Å². The van der Waals surface area contributed by atoms with Crippen molar-refractivity contribution >= 4 is 28.6 Å². The number of carbonyl (C=O) groups is 1. The number of nitrogens with one attached hydrogen (secondary N) is 1. The highest BCUT2D eigenvalue weighted by Crippen LogP contribution is 2.30. The van der Waals surface area contributed by atoms with Gasteiger partial charge in [0.05, 0.1) is 30.6 Å². The number of aromatic nitrogens is 2. The van der Waals surface area contributed by atoms with Gasteiger partial charge in [-0.05, 0) is 61.0 Å². The average Bonchev–Trinajstić information content (AvgIpc) is 3.70. The monoisotopic (exact) mass is 551 g/mol. The Balaban J connectivity index is 1.53. The largest absolute Gasteiger partial charge is 0.497 e. The van der Waals surface area contributed by atoms with Crippen LogP contribution in [0.3, 0.4) is 0 Å². The number of thiophene rings is 1. The van der Waals surface area contributed by atoms with Gasteiger partial charge < -0.3 is 19.4 Å². The predicted molar refractivity (Wildman–Crippen MR) is 157 cm³/mol. The molecule has 0 saturated carbocycles. The van der Waals surface area contributed by atoms with E-state index in [0.717, 1.165) is 46.4 Å². The minimum absolute atomic E-state index is 0.0121. The Labute approximate surface area is 233 Å². The van der Waals surface area contributed by atoms with Gasteiger partial charge in [0.1, 0.15) is 23.1 Å². The number of rotatable bonds is 14. The molecule has 1 aromatic carbocycles. The van der Waals surface area contributed by atoms with E-state index in [1.165, 1.54) is 17.7 Å². The molecule has 6 nitrogen and oxygen atoms in total. The van der Waals surface area contributed by atoms with E-state index in [2.05, 4.69) is 41.2 Å². The molecular formula is C30H37N3O3S2. The number of carbonyl (C=O) groups excluding carboxylic acids is 1. The third-order valence-electron chi connectivity index (χ3n) is 6.84. The second kappa shape index (κ2) is 13.6.